The first-order chi connectivity index (χ1) is 12.5. The highest BCUT2D eigenvalue weighted by molar-refractivity contribution is 6.30. The second kappa shape index (κ2) is 7.72. The maximum Gasteiger partial charge on any atom is 0.352 e. The van der Waals surface area contributed by atoms with Crippen LogP contribution in [0.5, 0.6) is 0 Å². The van der Waals surface area contributed by atoms with Crippen molar-refractivity contribution in [3.05, 3.63) is 88.8 Å². The molecule has 0 aliphatic heterocycles. The third-order valence-electron chi connectivity index (χ3n) is 3.56. The first-order valence-corrected chi connectivity index (χ1v) is 8.08. The first-order valence-electron chi connectivity index (χ1n) is 7.70. The molecule has 1 heterocycles. The Hall–Kier alpha value is -3.31. The summed E-state index contributed by atoms with van der Waals surface area (Å²) >= 11 is 5.86. The fourth-order valence-corrected chi connectivity index (χ4v) is 2.40. The van der Waals surface area contributed by atoms with Crippen molar-refractivity contribution < 1.29 is 19.1 Å². The van der Waals surface area contributed by atoms with Gasteiger partial charge in [0.1, 0.15) is 17.2 Å². The summed E-state index contributed by atoms with van der Waals surface area (Å²) < 4.78 is 5.64. The normalized spacial score (nSPS) is 11.2. The van der Waals surface area contributed by atoms with E-state index in [9.17, 15) is 14.7 Å². The van der Waals surface area contributed by atoms with Gasteiger partial charge in [0.2, 0.25) is 0 Å². The number of benzene rings is 2. The lowest BCUT2D eigenvalue weighted by Gasteiger charge is -2.05. The van der Waals surface area contributed by atoms with Gasteiger partial charge < -0.3 is 14.8 Å². The Bertz CT molecular complexity index is 959. The number of halogens is 1. The van der Waals surface area contributed by atoms with Gasteiger partial charge in [-0.2, -0.15) is 0 Å². The van der Waals surface area contributed by atoms with E-state index in [1.807, 2.05) is 0 Å². The third kappa shape index (κ3) is 4.20. The largest absolute Gasteiger partial charge is 0.477 e. The van der Waals surface area contributed by atoms with Crippen molar-refractivity contribution in [2.75, 3.05) is 0 Å². The number of carboxylic acids is 1. The zero-order chi connectivity index (χ0) is 18.5. The van der Waals surface area contributed by atoms with E-state index < -0.39 is 11.9 Å². The fourth-order valence-electron chi connectivity index (χ4n) is 2.28. The molecule has 0 spiro atoms. The molecular formula is C20H14ClNO4. The Morgan fingerprint density at radius 3 is 2.31 bits per heavy atom. The zero-order valence-electron chi connectivity index (χ0n) is 13.5. The molecule has 0 unspecified atom stereocenters. The Balaban J connectivity index is 1.82. The smallest absolute Gasteiger partial charge is 0.352 e. The van der Waals surface area contributed by atoms with Gasteiger partial charge in [0.25, 0.3) is 5.91 Å². The van der Waals surface area contributed by atoms with Crippen LogP contribution in [0.15, 0.2) is 76.8 Å². The van der Waals surface area contributed by atoms with E-state index in [2.05, 4.69) is 5.32 Å². The highest BCUT2D eigenvalue weighted by Crippen LogP contribution is 2.24. The summed E-state index contributed by atoms with van der Waals surface area (Å²) in [6.07, 6.45) is 1.27. The quantitative estimate of drug-likeness (QED) is 0.653. The van der Waals surface area contributed by atoms with Gasteiger partial charge >= 0.3 is 5.97 Å². The maximum absolute atomic E-state index is 12.1. The SMILES string of the molecule is O=C(O)/C(=C/c1ccc(-c2ccc(Cl)cc2)o1)NC(=O)c1ccccc1. The molecule has 0 saturated heterocycles. The van der Waals surface area contributed by atoms with Gasteiger partial charge in [0.15, 0.2) is 0 Å². The highest BCUT2D eigenvalue weighted by atomic mass is 35.5. The topological polar surface area (TPSA) is 79.5 Å². The minimum absolute atomic E-state index is 0.282. The molecule has 130 valence electrons. The number of carbonyl (C=O) groups is 2. The van der Waals surface area contributed by atoms with E-state index in [1.54, 1.807) is 66.7 Å². The molecule has 0 saturated carbocycles. The van der Waals surface area contributed by atoms with Crippen LogP contribution in [0.25, 0.3) is 17.4 Å². The molecular weight excluding hydrogens is 354 g/mol. The summed E-state index contributed by atoms with van der Waals surface area (Å²) in [5.41, 5.74) is 0.885. The van der Waals surface area contributed by atoms with Crippen LogP contribution in [-0.2, 0) is 4.79 Å². The molecule has 0 aliphatic carbocycles. The minimum Gasteiger partial charge on any atom is -0.477 e. The summed E-state index contributed by atoms with van der Waals surface area (Å²) in [6.45, 7) is 0. The second-order valence-electron chi connectivity index (χ2n) is 5.39. The van der Waals surface area contributed by atoms with Gasteiger partial charge in [-0.25, -0.2) is 4.79 Å². The predicted molar refractivity (Wildman–Crippen MR) is 98.7 cm³/mol. The average Bonchev–Trinajstić information content (AvgIpc) is 3.11. The van der Waals surface area contributed by atoms with Gasteiger partial charge in [-0.15, -0.1) is 0 Å². The third-order valence-corrected chi connectivity index (χ3v) is 3.81. The zero-order valence-corrected chi connectivity index (χ0v) is 14.2. The predicted octanol–water partition coefficient (Wildman–Crippen LogP) is 4.46. The molecule has 0 fully saturated rings. The van der Waals surface area contributed by atoms with Crippen LogP contribution in [0.3, 0.4) is 0 Å². The van der Waals surface area contributed by atoms with Crippen molar-refractivity contribution >= 4 is 29.6 Å². The van der Waals surface area contributed by atoms with Crippen LogP contribution in [0.1, 0.15) is 16.1 Å². The number of carbonyl (C=O) groups excluding carboxylic acids is 1. The molecule has 6 heteroatoms. The van der Waals surface area contributed by atoms with Crippen LogP contribution in [-0.4, -0.2) is 17.0 Å². The van der Waals surface area contributed by atoms with E-state index in [0.717, 1.165) is 5.56 Å². The average molecular weight is 368 g/mol. The molecule has 3 rings (SSSR count). The summed E-state index contributed by atoms with van der Waals surface area (Å²) in [7, 11) is 0. The van der Waals surface area contributed by atoms with Crippen LogP contribution >= 0.6 is 11.6 Å². The van der Waals surface area contributed by atoms with E-state index in [0.29, 0.717) is 22.1 Å². The van der Waals surface area contributed by atoms with Gasteiger partial charge in [-0.3, -0.25) is 4.79 Å². The Morgan fingerprint density at radius 1 is 0.962 bits per heavy atom. The second-order valence-corrected chi connectivity index (χ2v) is 5.83. The van der Waals surface area contributed by atoms with Gasteiger partial charge in [0.05, 0.1) is 0 Å². The number of aliphatic carboxylic acids is 1. The van der Waals surface area contributed by atoms with Crippen LogP contribution < -0.4 is 5.32 Å². The highest BCUT2D eigenvalue weighted by Gasteiger charge is 2.14. The van der Waals surface area contributed by atoms with E-state index >= 15 is 0 Å². The molecule has 5 nitrogen and oxygen atoms in total. The Kier molecular flexibility index (Phi) is 5.20. The van der Waals surface area contributed by atoms with E-state index in [1.165, 1.54) is 6.08 Å². The number of amides is 1. The summed E-state index contributed by atoms with van der Waals surface area (Å²) in [4.78, 5) is 23.6. The molecule has 1 amide bonds. The summed E-state index contributed by atoms with van der Waals surface area (Å²) in [6, 6.07) is 18.8. The number of furan rings is 1. The van der Waals surface area contributed by atoms with Gasteiger partial charge in [0, 0.05) is 22.2 Å². The summed E-state index contributed by atoms with van der Waals surface area (Å²) in [5, 5.41) is 12.3. The molecule has 1 aromatic heterocycles. The summed E-state index contributed by atoms with van der Waals surface area (Å²) in [5.74, 6) is -0.907. The van der Waals surface area contributed by atoms with Crippen LogP contribution in [0.4, 0.5) is 0 Å². The van der Waals surface area contributed by atoms with Crippen molar-refractivity contribution in [3.63, 3.8) is 0 Å². The molecule has 26 heavy (non-hydrogen) atoms. The van der Waals surface area contributed by atoms with E-state index in [-0.39, 0.29) is 5.70 Å². The first kappa shape index (κ1) is 17.5. The van der Waals surface area contributed by atoms with Crippen molar-refractivity contribution in [2.45, 2.75) is 0 Å². The van der Waals surface area contributed by atoms with E-state index in [4.69, 9.17) is 16.0 Å². The molecule has 2 aromatic carbocycles. The minimum atomic E-state index is -1.27. The Morgan fingerprint density at radius 2 is 1.65 bits per heavy atom. The standard InChI is InChI=1S/C20H14ClNO4/c21-15-8-6-13(7-9-15)18-11-10-16(26-18)12-17(20(24)25)22-19(23)14-4-2-1-3-5-14/h1-12H,(H,22,23)(H,24,25)/b17-12-. The van der Waals surface area contributed by atoms with Crippen LogP contribution in [0.2, 0.25) is 5.02 Å². The van der Waals surface area contributed by atoms with Crippen molar-refractivity contribution in [1.29, 1.82) is 0 Å². The molecule has 2 N–H and O–H groups in total. The Labute approximate surface area is 154 Å². The molecule has 0 atom stereocenters. The molecule has 0 bridgehead atoms. The number of carboxylic acid groups (broad SMARTS) is 1. The van der Waals surface area contributed by atoms with Gasteiger partial charge in [-0.05, 0) is 48.5 Å². The van der Waals surface area contributed by atoms with Crippen LogP contribution in [0, 0.1) is 0 Å². The lowest BCUT2D eigenvalue weighted by Crippen LogP contribution is -2.27. The van der Waals surface area contributed by atoms with Crippen molar-refractivity contribution in [2.24, 2.45) is 0 Å². The lowest BCUT2D eigenvalue weighted by atomic mass is 10.2. The monoisotopic (exact) mass is 367 g/mol. The molecule has 0 aliphatic rings. The van der Waals surface area contributed by atoms with Gasteiger partial charge in [-0.1, -0.05) is 29.8 Å². The lowest BCUT2D eigenvalue weighted by molar-refractivity contribution is -0.132. The van der Waals surface area contributed by atoms with Crippen molar-refractivity contribution in [1.82, 2.24) is 5.32 Å². The molecule has 0 radical (unpaired) electrons. The number of nitrogens with one attached hydrogen (secondary N) is 1. The molecule has 3 aromatic rings. The maximum atomic E-state index is 12.1. The number of hydrogen-bond acceptors (Lipinski definition) is 3. The number of hydrogen-bond donors (Lipinski definition) is 2. The number of rotatable bonds is 5. The van der Waals surface area contributed by atoms with Crippen molar-refractivity contribution in [3.8, 4) is 11.3 Å². The fraction of sp³-hybridized carbons (Fsp3) is 0.